The molecule has 4 bridgehead atoms. The molecule has 1 amide bonds. The van der Waals surface area contributed by atoms with Crippen LogP contribution in [0.15, 0.2) is 24.3 Å². The summed E-state index contributed by atoms with van der Waals surface area (Å²) in [6.07, 6.45) is 7.07. The predicted molar refractivity (Wildman–Crippen MR) is 99.5 cm³/mol. The first kappa shape index (κ1) is 18.9. The molecule has 0 saturated heterocycles. The van der Waals surface area contributed by atoms with E-state index in [4.69, 9.17) is 10.00 Å². The third-order valence-corrected chi connectivity index (χ3v) is 6.73. The summed E-state index contributed by atoms with van der Waals surface area (Å²) in [6, 6.07) is 7.20. The van der Waals surface area contributed by atoms with E-state index in [0.29, 0.717) is 24.3 Å². The second kappa shape index (κ2) is 7.54. The van der Waals surface area contributed by atoms with E-state index in [1.54, 1.807) is 0 Å². The summed E-state index contributed by atoms with van der Waals surface area (Å²) in [6.45, 7) is 0.0407. The van der Waals surface area contributed by atoms with Crippen LogP contribution in [0.1, 0.15) is 55.3 Å². The van der Waals surface area contributed by atoms with Crippen LogP contribution < -0.4 is 0 Å². The molecule has 0 spiro atoms. The van der Waals surface area contributed by atoms with Gasteiger partial charge in [-0.25, -0.2) is 9.18 Å². The Hall–Kier alpha value is -2.42. The minimum atomic E-state index is -0.640. The van der Waals surface area contributed by atoms with Gasteiger partial charge < -0.3 is 9.64 Å². The second-order valence-electron chi connectivity index (χ2n) is 8.68. The van der Waals surface area contributed by atoms with Gasteiger partial charge in [-0.3, -0.25) is 4.79 Å². The lowest BCUT2D eigenvalue weighted by atomic mass is 9.52. The van der Waals surface area contributed by atoms with Crippen LogP contribution in [0.25, 0.3) is 0 Å². The van der Waals surface area contributed by atoms with Gasteiger partial charge in [-0.15, -0.1) is 0 Å². The molecular weight excluding hydrogens is 359 g/mol. The summed E-state index contributed by atoms with van der Waals surface area (Å²) in [5.41, 5.74) is 0.0397. The number of carbonyl (C=O) groups is 2. The van der Waals surface area contributed by atoms with Gasteiger partial charge in [-0.05, 0) is 80.5 Å². The molecule has 0 radical (unpaired) electrons. The molecule has 0 aliphatic heterocycles. The van der Waals surface area contributed by atoms with Gasteiger partial charge in [-0.1, -0.05) is 0 Å². The van der Waals surface area contributed by atoms with E-state index >= 15 is 0 Å². The summed E-state index contributed by atoms with van der Waals surface area (Å²) in [7, 11) is 0. The van der Waals surface area contributed by atoms with E-state index in [1.165, 1.54) is 43.5 Å². The topological polar surface area (TPSA) is 70.4 Å². The largest absolute Gasteiger partial charge is 0.452 e. The highest BCUT2D eigenvalue weighted by Gasteiger charge is 2.54. The number of nitrogens with zero attached hydrogens (tertiary/aromatic N) is 2. The zero-order chi connectivity index (χ0) is 19.7. The summed E-state index contributed by atoms with van der Waals surface area (Å²) in [5, 5.41) is 9.06. The van der Waals surface area contributed by atoms with Crippen LogP contribution in [0.2, 0.25) is 0 Å². The Labute approximate surface area is 164 Å². The molecule has 0 aromatic heterocycles. The number of esters is 1. The minimum absolute atomic E-state index is 0.176. The SMILES string of the molecule is N#CCCN(C(=O)COC(=O)c1ccc(F)cc1)C12CC3CC(CC(C3)C1)C2. The second-order valence-corrected chi connectivity index (χ2v) is 8.68. The molecule has 1 aromatic rings. The quantitative estimate of drug-likeness (QED) is 0.702. The third-order valence-electron chi connectivity index (χ3n) is 6.73. The number of hydrogen-bond donors (Lipinski definition) is 0. The Morgan fingerprint density at radius 2 is 1.68 bits per heavy atom. The van der Waals surface area contributed by atoms with Gasteiger partial charge in [0.25, 0.3) is 5.91 Å². The fraction of sp³-hybridized carbons (Fsp3) is 0.591. The van der Waals surface area contributed by atoms with E-state index in [2.05, 4.69) is 6.07 Å². The summed E-state index contributed by atoms with van der Waals surface area (Å²) >= 11 is 0. The normalized spacial score (nSPS) is 29.9. The monoisotopic (exact) mass is 384 g/mol. The molecule has 5 rings (SSSR count). The highest BCUT2D eigenvalue weighted by molar-refractivity contribution is 5.91. The molecule has 28 heavy (non-hydrogen) atoms. The molecule has 1 aromatic carbocycles. The van der Waals surface area contributed by atoms with Gasteiger partial charge in [0.2, 0.25) is 0 Å². The first-order valence-electron chi connectivity index (χ1n) is 10.1. The van der Waals surface area contributed by atoms with Crippen molar-refractivity contribution in [1.29, 1.82) is 5.26 Å². The third kappa shape index (κ3) is 3.63. The lowest BCUT2D eigenvalue weighted by Gasteiger charge is -2.60. The summed E-state index contributed by atoms with van der Waals surface area (Å²) in [4.78, 5) is 27.1. The van der Waals surface area contributed by atoms with Crippen LogP contribution in [0.4, 0.5) is 4.39 Å². The molecule has 0 N–H and O–H groups in total. The first-order valence-corrected chi connectivity index (χ1v) is 10.1. The highest BCUT2D eigenvalue weighted by atomic mass is 19.1. The van der Waals surface area contributed by atoms with Crippen molar-refractivity contribution in [2.75, 3.05) is 13.2 Å². The van der Waals surface area contributed by atoms with E-state index in [9.17, 15) is 14.0 Å². The maximum Gasteiger partial charge on any atom is 0.338 e. The number of amides is 1. The number of benzene rings is 1. The smallest absolute Gasteiger partial charge is 0.338 e. The number of carbonyl (C=O) groups excluding carboxylic acids is 2. The van der Waals surface area contributed by atoms with E-state index in [1.807, 2.05) is 4.90 Å². The fourth-order valence-corrected chi connectivity index (χ4v) is 6.06. The minimum Gasteiger partial charge on any atom is -0.452 e. The van der Waals surface area contributed by atoms with E-state index < -0.39 is 11.8 Å². The van der Waals surface area contributed by atoms with Crippen LogP contribution in [-0.2, 0) is 9.53 Å². The number of nitriles is 1. The number of halogens is 1. The molecule has 4 aliphatic rings. The fourth-order valence-electron chi connectivity index (χ4n) is 6.06. The van der Waals surface area contributed by atoms with Crippen LogP contribution in [-0.4, -0.2) is 35.5 Å². The van der Waals surface area contributed by atoms with Gasteiger partial charge in [0.1, 0.15) is 5.82 Å². The molecule has 148 valence electrons. The van der Waals surface area contributed by atoms with Crippen LogP contribution in [0.3, 0.4) is 0 Å². The van der Waals surface area contributed by atoms with Gasteiger partial charge in [0.05, 0.1) is 18.1 Å². The Morgan fingerprint density at radius 1 is 1.11 bits per heavy atom. The van der Waals surface area contributed by atoms with Crippen molar-refractivity contribution in [2.45, 2.75) is 50.5 Å². The number of ether oxygens (including phenoxy) is 1. The van der Waals surface area contributed by atoms with E-state index in [-0.39, 0.29) is 30.0 Å². The molecule has 4 aliphatic carbocycles. The Bertz CT molecular complexity index is 764. The Morgan fingerprint density at radius 3 is 2.21 bits per heavy atom. The van der Waals surface area contributed by atoms with Crippen LogP contribution in [0, 0.1) is 34.9 Å². The maximum atomic E-state index is 13.0. The van der Waals surface area contributed by atoms with Crippen LogP contribution >= 0.6 is 0 Å². The molecule has 0 atom stereocenters. The van der Waals surface area contributed by atoms with Crippen molar-refractivity contribution < 1.29 is 18.7 Å². The van der Waals surface area contributed by atoms with Crippen molar-refractivity contribution in [3.8, 4) is 6.07 Å². The Kier molecular flexibility index (Phi) is 5.09. The van der Waals surface area contributed by atoms with Crippen molar-refractivity contribution in [1.82, 2.24) is 4.90 Å². The lowest BCUT2D eigenvalue weighted by molar-refractivity contribution is -0.153. The molecule has 0 unspecified atom stereocenters. The predicted octanol–water partition coefficient (Wildman–Crippen LogP) is 3.69. The Balaban J connectivity index is 1.45. The van der Waals surface area contributed by atoms with Gasteiger partial charge in [0.15, 0.2) is 6.61 Å². The molecule has 6 heteroatoms. The zero-order valence-corrected chi connectivity index (χ0v) is 15.9. The number of rotatable bonds is 6. The van der Waals surface area contributed by atoms with Gasteiger partial charge in [0, 0.05) is 12.1 Å². The number of hydrogen-bond acceptors (Lipinski definition) is 4. The first-order chi connectivity index (χ1) is 13.5. The lowest BCUT2D eigenvalue weighted by Crippen LogP contribution is -2.62. The van der Waals surface area contributed by atoms with Crippen molar-refractivity contribution >= 4 is 11.9 Å². The molecular formula is C22H25FN2O3. The van der Waals surface area contributed by atoms with Crippen molar-refractivity contribution in [2.24, 2.45) is 17.8 Å². The average Bonchev–Trinajstić information content (AvgIpc) is 2.65. The molecule has 4 fully saturated rings. The molecule has 5 nitrogen and oxygen atoms in total. The zero-order valence-electron chi connectivity index (χ0n) is 15.9. The van der Waals surface area contributed by atoms with Crippen molar-refractivity contribution in [3.05, 3.63) is 35.6 Å². The maximum absolute atomic E-state index is 13.0. The highest BCUT2D eigenvalue weighted by Crippen LogP contribution is 2.57. The van der Waals surface area contributed by atoms with Gasteiger partial charge in [-0.2, -0.15) is 5.26 Å². The standard InChI is InChI=1S/C22H25FN2O3/c23-19-4-2-18(3-5-19)21(27)28-14-20(26)25(7-1-6-24)22-11-15-8-16(12-22)10-17(9-15)13-22/h2-5,15-17H,1,7-14H2. The van der Waals surface area contributed by atoms with Crippen LogP contribution in [0.5, 0.6) is 0 Å². The summed E-state index contributed by atoms with van der Waals surface area (Å²) < 4.78 is 18.2. The average molecular weight is 384 g/mol. The van der Waals surface area contributed by atoms with E-state index in [0.717, 1.165) is 19.3 Å². The summed E-state index contributed by atoms with van der Waals surface area (Å²) in [5.74, 6) is 0.713. The van der Waals surface area contributed by atoms with Gasteiger partial charge >= 0.3 is 5.97 Å². The molecule has 0 heterocycles. The molecule has 4 saturated carbocycles. The van der Waals surface area contributed by atoms with Crippen molar-refractivity contribution in [3.63, 3.8) is 0 Å².